The van der Waals surface area contributed by atoms with Gasteiger partial charge in [0.15, 0.2) is 5.65 Å². The summed E-state index contributed by atoms with van der Waals surface area (Å²) in [6.07, 6.45) is 1.55. The molecule has 0 amide bonds. The van der Waals surface area contributed by atoms with Crippen LogP contribution in [0.3, 0.4) is 0 Å². The molecule has 1 saturated carbocycles. The number of hydrogen-bond acceptors (Lipinski definition) is 7. The predicted octanol–water partition coefficient (Wildman–Crippen LogP) is 4.28. The number of morpholine rings is 1. The lowest BCUT2D eigenvalue weighted by Crippen LogP contribution is -2.52. The Morgan fingerprint density at radius 1 is 1.19 bits per heavy atom. The summed E-state index contributed by atoms with van der Waals surface area (Å²) in [6.45, 7) is 6.35. The maximum absolute atomic E-state index is 11.6. The number of imidazole rings is 1. The van der Waals surface area contributed by atoms with Crippen molar-refractivity contribution in [3.05, 3.63) is 35.4 Å². The van der Waals surface area contributed by atoms with Crippen LogP contribution in [0.15, 0.2) is 30.3 Å². The Bertz CT molecular complexity index is 1250. The first kappa shape index (κ1) is 24.8. The maximum Gasteiger partial charge on any atom is 0.312 e. The molecule has 10 heteroatoms. The van der Waals surface area contributed by atoms with E-state index in [1.807, 2.05) is 12.1 Å². The predicted molar refractivity (Wildman–Crippen MR) is 137 cm³/mol. The highest BCUT2D eigenvalue weighted by Crippen LogP contribution is 2.43. The van der Waals surface area contributed by atoms with Crippen molar-refractivity contribution in [3.8, 4) is 17.3 Å². The van der Waals surface area contributed by atoms with Gasteiger partial charge in [0.05, 0.1) is 40.5 Å². The SMILES string of the molecule is CC(C)(C(=O)O)[C@]1(O)CC[C@@H](Oc2nc3nc(-c4ccc(N5CCOCC5)cc4)c(Cl)cc3[nH]2)CC1. The second kappa shape index (κ2) is 9.53. The Morgan fingerprint density at radius 3 is 2.50 bits per heavy atom. The zero-order valence-electron chi connectivity index (χ0n) is 20.5. The van der Waals surface area contributed by atoms with Gasteiger partial charge in [-0.05, 0) is 57.7 Å². The molecule has 0 radical (unpaired) electrons. The largest absolute Gasteiger partial charge is 0.481 e. The number of rotatable bonds is 6. The molecule has 1 aliphatic carbocycles. The lowest BCUT2D eigenvalue weighted by Gasteiger charge is -2.44. The molecule has 9 nitrogen and oxygen atoms in total. The third-order valence-electron chi connectivity index (χ3n) is 7.66. The van der Waals surface area contributed by atoms with Crippen molar-refractivity contribution in [3.63, 3.8) is 0 Å². The number of pyridine rings is 1. The number of aliphatic carboxylic acids is 1. The lowest BCUT2D eigenvalue weighted by molar-refractivity contribution is -0.171. The summed E-state index contributed by atoms with van der Waals surface area (Å²) in [6, 6.07) is 10.3. The zero-order valence-corrected chi connectivity index (χ0v) is 21.2. The van der Waals surface area contributed by atoms with Gasteiger partial charge >= 0.3 is 5.97 Å². The van der Waals surface area contributed by atoms with E-state index in [9.17, 15) is 15.0 Å². The summed E-state index contributed by atoms with van der Waals surface area (Å²) >= 11 is 6.57. The molecule has 1 saturated heterocycles. The molecule has 2 aliphatic rings. The third-order valence-corrected chi connectivity index (χ3v) is 7.95. The molecule has 2 aromatic heterocycles. The van der Waals surface area contributed by atoms with Gasteiger partial charge in [0.1, 0.15) is 6.10 Å². The fourth-order valence-electron chi connectivity index (χ4n) is 4.97. The second-order valence-electron chi connectivity index (χ2n) is 10.2. The van der Waals surface area contributed by atoms with Gasteiger partial charge in [0, 0.05) is 24.3 Å². The average Bonchev–Trinajstić information content (AvgIpc) is 3.26. The summed E-state index contributed by atoms with van der Waals surface area (Å²) in [5, 5.41) is 21.0. The fourth-order valence-corrected chi connectivity index (χ4v) is 5.23. The van der Waals surface area contributed by atoms with E-state index in [-0.39, 0.29) is 6.10 Å². The maximum atomic E-state index is 11.6. The van der Waals surface area contributed by atoms with E-state index in [2.05, 4.69) is 32.0 Å². The number of carboxylic acid groups (broad SMARTS) is 1. The summed E-state index contributed by atoms with van der Waals surface area (Å²) < 4.78 is 11.5. The number of halogens is 1. The number of carbonyl (C=O) groups is 1. The number of aromatic amines is 1. The number of carboxylic acids is 1. The highest BCUT2D eigenvalue weighted by atomic mass is 35.5. The molecule has 0 spiro atoms. The van der Waals surface area contributed by atoms with Crippen molar-refractivity contribution in [1.82, 2.24) is 15.0 Å². The van der Waals surface area contributed by atoms with Gasteiger partial charge in [-0.3, -0.25) is 4.79 Å². The summed E-state index contributed by atoms with van der Waals surface area (Å²) in [5.74, 6) is -1.00. The van der Waals surface area contributed by atoms with Crippen LogP contribution in [-0.4, -0.2) is 69.1 Å². The monoisotopic (exact) mass is 514 g/mol. The van der Waals surface area contributed by atoms with E-state index < -0.39 is 17.0 Å². The molecule has 3 N–H and O–H groups in total. The fraction of sp³-hybridized carbons (Fsp3) is 0.500. The number of nitrogens with one attached hydrogen (secondary N) is 1. The minimum absolute atomic E-state index is 0.182. The number of hydrogen-bond donors (Lipinski definition) is 3. The van der Waals surface area contributed by atoms with Crippen molar-refractivity contribution in [1.29, 1.82) is 0 Å². The summed E-state index contributed by atoms with van der Waals surface area (Å²) in [5.41, 5.74) is 1.36. The molecule has 2 fully saturated rings. The van der Waals surface area contributed by atoms with Crippen LogP contribution in [0.4, 0.5) is 5.69 Å². The molecule has 0 atom stereocenters. The van der Waals surface area contributed by atoms with Crippen LogP contribution in [0.25, 0.3) is 22.4 Å². The van der Waals surface area contributed by atoms with Crippen molar-refractivity contribution >= 4 is 34.4 Å². The van der Waals surface area contributed by atoms with Crippen LogP contribution in [0.1, 0.15) is 39.5 Å². The molecular weight excluding hydrogens is 484 g/mol. The Hall–Kier alpha value is -2.88. The van der Waals surface area contributed by atoms with Gasteiger partial charge in [-0.1, -0.05) is 23.7 Å². The molecule has 3 heterocycles. The normalized spacial score (nSPS) is 23.1. The molecule has 192 valence electrons. The minimum Gasteiger partial charge on any atom is -0.481 e. The number of nitrogens with zero attached hydrogens (tertiary/aromatic N) is 3. The Balaban J connectivity index is 1.29. The number of fused-ring (bicyclic) bond motifs is 1. The topological polar surface area (TPSA) is 121 Å². The van der Waals surface area contributed by atoms with Crippen LogP contribution >= 0.6 is 11.6 Å². The molecule has 36 heavy (non-hydrogen) atoms. The van der Waals surface area contributed by atoms with E-state index in [4.69, 9.17) is 21.1 Å². The van der Waals surface area contributed by atoms with Gasteiger partial charge in [-0.15, -0.1) is 0 Å². The average molecular weight is 515 g/mol. The lowest BCUT2D eigenvalue weighted by atomic mass is 9.66. The molecule has 5 rings (SSSR count). The van der Waals surface area contributed by atoms with Gasteiger partial charge in [0.2, 0.25) is 0 Å². The van der Waals surface area contributed by atoms with E-state index in [1.54, 1.807) is 19.9 Å². The van der Waals surface area contributed by atoms with Crippen LogP contribution in [0.2, 0.25) is 5.02 Å². The van der Waals surface area contributed by atoms with Gasteiger partial charge in [-0.25, -0.2) is 4.98 Å². The first-order chi connectivity index (χ1) is 17.2. The first-order valence-corrected chi connectivity index (χ1v) is 12.7. The van der Waals surface area contributed by atoms with Gasteiger partial charge < -0.3 is 29.6 Å². The third kappa shape index (κ3) is 4.63. The van der Waals surface area contributed by atoms with Crippen LogP contribution in [-0.2, 0) is 9.53 Å². The first-order valence-electron chi connectivity index (χ1n) is 12.3. The summed E-state index contributed by atoms with van der Waals surface area (Å²) in [4.78, 5) is 26.2. The number of benzene rings is 1. The highest BCUT2D eigenvalue weighted by molar-refractivity contribution is 6.33. The van der Waals surface area contributed by atoms with Gasteiger partial charge in [0.25, 0.3) is 6.01 Å². The Kier molecular flexibility index (Phi) is 6.57. The van der Waals surface area contributed by atoms with Crippen LogP contribution in [0, 0.1) is 5.41 Å². The molecule has 0 unspecified atom stereocenters. The van der Waals surface area contributed by atoms with Crippen molar-refractivity contribution in [2.75, 3.05) is 31.2 Å². The number of aromatic nitrogens is 3. The quantitative estimate of drug-likeness (QED) is 0.445. The number of anilines is 1. The Labute approximate surface area is 214 Å². The van der Waals surface area contributed by atoms with E-state index >= 15 is 0 Å². The summed E-state index contributed by atoms with van der Waals surface area (Å²) in [7, 11) is 0. The molecule has 1 aromatic carbocycles. The number of ether oxygens (including phenoxy) is 2. The Morgan fingerprint density at radius 2 is 1.86 bits per heavy atom. The highest BCUT2D eigenvalue weighted by Gasteiger charge is 2.50. The van der Waals surface area contributed by atoms with E-state index in [1.165, 1.54) is 0 Å². The van der Waals surface area contributed by atoms with E-state index in [0.29, 0.717) is 53.6 Å². The number of aliphatic hydroxyl groups is 1. The van der Waals surface area contributed by atoms with Crippen LogP contribution < -0.4 is 9.64 Å². The van der Waals surface area contributed by atoms with E-state index in [0.717, 1.165) is 37.6 Å². The standard InChI is InChI=1S/C26H31ClN4O5/c1-25(2,23(32)33)26(34)9-7-18(8-10-26)36-24-28-20-15-19(27)21(29-22(20)30-24)16-3-5-17(6-4-16)31-11-13-35-14-12-31/h3-6,15,18,34H,7-14H2,1-2H3,(H,32,33)(H,28,29,30)/t18-,26+. The molecular formula is C26H31ClN4O5. The molecule has 1 aliphatic heterocycles. The van der Waals surface area contributed by atoms with Crippen molar-refractivity contribution in [2.24, 2.45) is 5.41 Å². The minimum atomic E-state index is -1.27. The van der Waals surface area contributed by atoms with Crippen molar-refractivity contribution < 1.29 is 24.5 Å². The molecule has 3 aromatic rings. The smallest absolute Gasteiger partial charge is 0.312 e. The number of H-pyrrole nitrogens is 1. The zero-order chi connectivity index (χ0) is 25.5. The van der Waals surface area contributed by atoms with Gasteiger partial charge in [-0.2, -0.15) is 4.98 Å². The molecule has 0 bridgehead atoms. The van der Waals surface area contributed by atoms with Crippen molar-refractivity contribution in [2.45, 2.75) is 51.2 Å². The van der Waals surface area contributed by atoms with Crippen LogP contribution in [0.5, 0.6) is 6.01 Å². The second-order valence-corrected chi connectivity index (χ2v) is 10.6.